The van der Waals surface area contributed by atoms with E-state index in [1.54, 1.807) is 4.72 Å². The van der Waals surface area contributed by atoms with Crippen LogP contribution < -0.4 is 19.5 Å². The minimum atomic E-state index is -4.23. The summed E-state index contributed by atoms with van der Waals surface area (Å²) in [7, 11) is -3.02. The van der Waals surface area contributed by atoms with Gasteiger partial charge in [-0.1, -0.05) is 33.7 Å². The van der Waals surface area contributed by atoms with E-state index in [-0.39, 0.29) is 26.5 Å². The Morgan fingerprint density at radius 2 is 2.00 bits per heavy atom. The number of rotatable bonds is 4. The molecule has 0 unspecified atom stereocenters. The highest BCUT2D eigenvalue weighted by Crippen LogP contribution is 2.20. The minimum Gasteiger partial charge on any atom is -0.752 e. The molecule has 2 rings (SSSR count). The molecule has 0 saturated heterocycles. The van der Waals surface area contributed by atoms with Crippen LogP contribution in [0.5, 0.6) is 6.01 Å². The van der Waals surface area contributed by atoms with Crippen molar-refractivity contribution in [2.24, 2.45) is 0 Å². The van der Waals surface area contributed by atoms with Gasteiger partial charge in [0.25, 0.3) is 10.0 Å². The summed E-state index contributed by atoms with van der Waals surface area (Å²) in [6.45, 7) is 1.46. The number of hydrogen-bond donors (Lipinski definition) is 2. The van der Waals surface area contributed by atoms with Gasteiger partial charge in [0.15, 0.2) is 0 Å². The summed E-state index contributed by atoms with van der Waals surface area (Å²) in [4.78, 5) is 19.0. The van der Waals surface area contributed by atoms with Crippen molar-refractivity contribution < 1.29 is 22.7 Å². The Kier molecular flexibility index (Phi) is 5.04. The molecule has 0 saturated carbocycles. The van der Waals surface area contributed by atoms with Gasteiger partial charge in [-0.15, -0.1) is 0 Å². The number of aryl methyl sites for hydroxylation is 1. The molecule has 1 heterocycles. The molecule has 0 bridgehead atoms. The van der Waals surface area contributed by atoms with Crippen molar-refractivity contribution in [2.75, 3.05) is 12.4 Å². The van der Waals surface area contributed by atoms with E-state index >= 15 is 0 Å². The fourth-order valence-electron chi connectivity index (χ4n) is 1.67. The number of urea groups is 1. The van der Waals surface area contributed by atoms with E-state index in [1.807, 2.05) is 5.32 Å². The van der Waals surface area contributed by atoms with Crippen LogP contribution in [0.15, 0.2) is 29.2 Å². The van der Waals surface area contributed by atoms with Gasteiger partial charge in [-0.05, 0) is 12.1 Å². The average molecular weight is 374 g/mol. The lowest BCUT2D eigenvalue weighted by Gasteiger charge is -2.12. The van der Waals surface area contributed by atoms with Crippen molar-refractivity contribution in [3.05, 3.63) is 40.3 Å². The summed E-state index contributed by atoms with van der Waals surface area (Å²) in [6.07, 6.45) is 0. The van der Waals surface area contributed by atoms with Crippen LogP contribution in [-0.4, -0.2) is 31.5 Å². The van der Waals surface area contributed by atoms with E-state index < -0.39 is 22.0 Å². The Labute approximate surface area is 142 Å². The molecule has 2 amide bonds. The molecule has 0 spiro atoms. The third-order valence-electron chi connectivity index (χ3n) is 2.65. The molecule has 10 nitrogen and oxygen atoms in total. The molecule has 0 aliphatic rings. The van der Waals surface area contributed by atoms with Gasteiger partial charge >= 0.3 is 18.0 Å². The van der Waals surface area contributed by atoms with Crippen molar-refractivity contribution in [2.45, 2.75) is 11.8 Å². The fraction of sp³-hybridized carbons (Fsp3) is 0.167. The molecule has 24 heavy (non-hydrogen) atoms. The molecule has 1 aromatic heterocycles. The minimum absolute atomic E-state index is 0.0590. The predicted molar refractivity (Wildman–Crippen MR) is 83.1 cm³/mol. The second-order valence-corrected chi connectivity index (χ2v) is 6.42. The number of carbonyl (C=O) groups excluding carboxylic acids is 1. The molecular weight excluding hydrogens is 362 g/mol. The van der Waals surface area contributed by atoms with E-state index in [1.165, 1.54) is 38.3 Å². The first-order valence-electron chi connectivity index (χ1n) is 6.35. The lowest BCUT2D eigenvalue weighted by atomic mass is 10.4. The number of carbonyl (C=O) groups is 1. The Hall–Kier alpha value is -2.66. The number of methoxy groups -OCH3 is 1. The van der Waals surface area contributed by atoms with Gasteiger partial charge in [0, 0.05) is 6.92 Å². The summed E-state index contributed by atoms with van der Waals surface area (Å²) in [6, 6.07) is 4.02. The normalized spacial score (nSPS) is 11.0. The van der Waals surface area contributed by atoms with Crippen LogP contribution in [0.1, 0.15) is 5.82 Å². The molecule has 0 fully saturated rings. The fourth-order valence-corrected chi connectivity index (χ4v) is 3.10. The molecule has 128 valence electrons. The first-order chi connectivity index (χ1) is 11.2. The summed E-state index contributed by atoms with van der Waals surface area (Å²) >= 11 is 5.80. The summed E-state index contributed by atoms with van der Waals surface area (Å²) in [5, 5.41) is 13.8. The third-order valence-corrected chi connectivity index (χ3v) is 4.48. The number of amides is 2. The van der Waals surface area contributed by atoms with Gasteiger partial charge in [-0.25, -0.2) is 28.0 Å². The highest BCUT2D eigenvalue weighted by atomic mass is 35.5. The summed E-state index contributed by atoms with van der Waals surface area (Å²) < 4.78 is 30.8. The van der Waals surface area contributed by atoms with E-state index in [0.717, 1.165) is 0 Å². The standard InChI is InChI=1S/C12H12ClN5O5S/c1-7-14-10(18(20)12(15-7)23-2)16-11(19)17-24(21,22)9-6-4-3-5-8(9)13/h3-6H,1-2H3,(H2,14,15,16,17,19). The van der Waals surface area contributed by atoms with Crippen molar-refractivity contribution in [3.8, 4) is 6.01 Å². The average Bonchev–Trinajstić information content (AvgIpc) is 2.50. The molecule has 0 aliphatic heterocycles. The quantitative estimate of drug-likeness (QED) is 0.590. The summed E-state index contributed by atoms with van der Waals surface area (Å²) in [5.41, 5.74) is 0. The highest BCUT2D eigenvalue weighted by molar-refractivity contribution is 7.90. The number of benzene rings is 1. The lowest BCUT2D eigenvalue weighted by molar-refractivity contribution is -0.603. The molecule has 1 aromatic carbocycles. The third kappa shape index (κ3) is 3.81. The van der Waals surface area contributed by atoms with Gasteiger partial charge in [-0.2, -0.15) is 0 Å². The van der Waals surface area contributed by atoms with Crippen LogP contribution in [0, 0.1) is 12.1 Å². The van der Waals surface area contributed by atoms with E-state index in [4.69, 9.17) is 16.3 Å². The van der Waals surface area contributed by atoms with Crippen LogP contribution in [0.2, 0.25) is 5.02 Å². The molecule has 2 N–H and O–H groups in total. The van der Waals surface area contributed by atoms with Crippen LogP contribution in [0.4, 0.5) is 10.7 Å². The molecule has 2 aromatic rings. The number of aromatic nitrogens is 3. The number of halogens is 1. The van der Waals surface area contributed by atoms with Crippen LogP contribution >= 0.6 is 11.6 Å². The second kappa shape index (κ2) is 6.84. The number of hydrogen-bond acceptors (Lipinski definition) is 7. The van der Waals surface area contributed by atoms with Gasteiger partial charge in [0.2, 0.25) is 5.82 Å². The topological polar surface area (TPSA) is 137 Å². The molecular formula is C12H12ClN5O5S. The van der Waals surface area contributed by atoms with Crippen molar-refractivity contribution in [1.82, 2.24) is 14.7 Å². The predicted octanol–water partition coefficient (Wildman–Crippen LogP) is 0.591. The highest BCUT2D eigenvalue weighted by Gasteiger charge is 2.24. The number of nitrogens with zero attached hydrogens (tertiary/aromatic N) is 3. The largest absolute Gasteiger partial charge is 0.752 e. The number of anilines is 1. The Morgan fingerprint density at radius 3 is 2.62 bits per heavy atom. The van der Waals surface area contributed by atoms with Gasteiger partial charge in [0.05, 0.1) is 12.1 Å². The first kappa shape index (κ1) is 17.7. The zero-order chi connectivity index (χ0) is 17.9. The van der Waals surface area contributed by atoms with Crippen molar-refractivity contribution in [1.29, 1.82) is 0 Å². The maximum Gasteiger partial charge on any atom is 0.404 e. The molecule has 0 radical (unpaired) electrons. The SMILES string of the molecule is COc1nc(C)nc(NC(=O)NS(=O)(=O)c2ccccc2Cl)[n+]1[O-]. The molecule has 0 atom stereocenters. The zero-order valence-electron chi connectivity index (χ0n) is 12.5. The van der Waals surface area contributed by atoms with Gasteiger partial charge in [-0.3, -0.25) is 0 Å². The number of nitrogens with one attached hydrogen (secondary N) is 2. The van der Waals surface area contributed by atoms with Crippen LogP contribution in [-0.2, 0) is 10.0 Å². The van der Waals surface area contributed by atoms with Gasteiger partial charge < -0.3 is 9.94 Å². The van der Waals surface area contributed by atoms with Crippen LogP contribution in [0.3, 0.4) is 0 Å². The maximum atomic E-state index is 12.1. The Morgan fingerprint density at radius 1 is 1.33 bits per heavy atom. The molecule has 12 heteroatoms. The van der Waals surface area contributed by atoms with Crippen molar-refractivity contribution >= 4 is 33.6 Å². The lowest BCUT2D eigenvalue weighted by Crippen LogP contribution is -2.41. The van der Waals surface area contributed by atoms with E-state index in [2.05, 4.69) is 9.97 Å². The van der Waals surface area contributed by atoms with E-state index in [9.17, 15) is 18.4 Å². The number of sulfonamides is 1. The second-order valence-electron chi connectivity index (χ2n) is 4.37. The Bertz CT molecular complexity index is 889. The van der Waals surface area contributed by atoms with Gasteiger partial charge in [0.1, 0.15) is 4.90 Å². The maximum absolute atomic E-state index is 12.1. The zero-order valence-corrected chi connectivity index (χ0v) is 14.1. The summed E-state index contributed by atoms with van der Waals surface area (Å²) in [5.74, 6) is -0.352. The van der Waals surface area contributed by atoms with Crippen LogP contribution in [0.25, 0.3) is 0 Å². The smallest absolute Gasteiger partial charge is 0.404 e. The number of ether oxygens (including phenoxy) is 1. The first-order valence-corrected chi connectivity index (χ1v) is 8.21. The molecule has 0 aliphatic carbocycles. The van der Waals surface area contributed by atoms with E-state index in [0.29, 0.717) is 0 Å². The van der Waals surface area contributed by atoms with Crippen molar-refractivity contribution in [3.63, 3.8) is 0 Å². The Balaban J connectivity index is 2.23. The monoisotopic (exact) mass is 373 g/mol.